The summed E-state index contributed by atoms with van der Waals surface area (Å²) in [6.45, 7) is 0.447. The number of nitro groups is 1. The van der Waals surface area contributed by atoms with Crippen molar-refractivity contribution in [3.05, 3.63) is 46.6 Å². The molecule has 1 atom stereocenters. The Bertz CT molecular complexity index is 722. The summed E-state index contributed by atoms with van der Waals surface area (Å²) in [4.78, 5) is 13.9. The van der Waals surface area contributed by atoms with Gasteiger partial charge in [0.1, 0.15) is 30.5 Å². The van der Waals surface area contributed by atoms with Gasteiger partial charge in [-0.25, -0.2) is 4.98 Å². The summed E-state index contributed by atoms with van der Waals surface area (Å²) in [5.41, 5.74) is -0.0905. The molecule has 0 fully saturated rings. The van der Waals surface area contributed by atoms with Gasteiger partial charge in [0.05, 0.1) is 4.92 Å². The second-order valence-corrected chi connectivity index (χ2v) is 5.02. The summed E-state index contributed by atoms with van der Waals surface area (Å²) in [5.74, 6) is 2.26. The van der Waals surface area contributed by atoms with E-state index in [1.165, 1.54) is 12.1 Å². The molecule has 24 heavy (non-hydrogen) atoms. The summed E-state index contributed by atoms with van der Waals surface area (Å²) >= 11 is 0. The van der Waals surface area contributed by atoms with Crippen LogP contribution in [0.15, 0.2) is 36.5 Å². The van der Waals surface area contributed by atoms with Crippen LogP contribution in [0, 0.1) is 10.1 Å². The van der Waals surface area contributed by atoms with Crippen molar-refractivity contribution < 1.29 is 24.2 Å². The molecule has 3 rings (SSSR count). The van der Waals surface area contributed by atoms with Gasteiger partial charge in [0.2, 0.25) is 6.79 Å². The molecule has 1 aliphatic rings. The smallest absolute Gasteiger partial charge is 0.287 e. The maximum atomic E-state index is 10.5. The zero-order chi connectivity index (χ0) is 16.9. The fourth-order valence-electron chi connectivity index (χ4n) is 2.04. The molecule has 0 bridgehead atoms. The predicted octanol–water partition coefficient (Wildman–Crippen LogP) is 1.57. The summed E-state index contributed by atoms with van der Waals surface area (Å²) < 4.78 is 15.9. The van der Waals surface area contributed by atoms with Crippen LogP contribution in [0.2, 0.25) is 0 Å². The van der Waals surface area contributed by atoms with E-state index in [1.807, 2.05) is 0 Å². The first-order chi connectivity index (χ1) is 11.6. The van der Waals surface area contributed by atoms with Gasteiger partial charge < -0.3 is 24.6 Å². The largest absolute Gasteiger partial charge is 0.491 e. The van der Waals surface area contributed by atoms with Gasteiger partial charge in [-0.3, -0.25) is 10.1 Å². The van der Waals surface area contributed by atoms with Crippen LogP contribution in [-0.2, 0) is 0 Å². The highest BCUT2D eigenvalue weighted by molar-refractivity contribution is 5.46. The highest BCUT2D eigenvalue weighted by Gasteiger charge is 2.14. The molecule has 0 aliphatic carbocycles. The third kappa shape index (κ3) is 3.82. The summed E-state index contributed by atoms with van der Waals surface area (Å²) in [7, 11) is 0. The lowest BCUT2D eigenvalue weighted by atomic mass is 10.3. The van der Waals surface area contributed by atoms with Crippen LogP contribution in [0.4, 0.5) is 11.5 Å². The normalized spacial score (nSPS) is 13.4. The standard InChI is InChI=1S/C15H15N3O6/c19-11(7-17-15-4-1-10(6-16-15)18(20)21)8-22-12-2-3-13-14(5-12)24-9-23-13/h1-6,11,19H,7-9H2,(H,16,17). The first kappa shape index (κ1) is 15.8. The average molecular weight is 333 g/mol. The second-order valence-electron chi connectivity index (χ2n) is 5.02. The van der Waals surface area contributed by atoms with Gasteiger partial charge in [0.25, 0.3) is 5.69 Å². The molecule has 1 aromatic heterocycles. The van der Waals surface area contributed by atoms with Crippen LogP contribution in [-0.4, -0.2) is 41.1 Å². The number of aliphatic hydroxyl groups excluding tert-OH is 1. The molecular formula is C15H15N3O6. The van der Waals surface area contributed by atoms with Gasteiger partial charge >= 0.3 is 0 Å². The number of nitrogens with one attached hydrogen (secondary N) is 1. The molecule has 0 spiro atoms. The lowest BCUT2D eigenvalue weighted by Gasteiger charge is -2.13. The van der Waals surface area contributed by atoms with Crippen molar-refractivity contribution in [2.24, 2.45) is 0 Å². The van der Waals surface area contributed by atoms with Crippen LogP contribution in [0.5, 0.6) is 17.2 Å². The van der Waals surface area contributed by atoms with Crippen LogP contribution in [0.1, 0.15) is 0 Å². The van der Waals surface area contributed by atoms with E-state index in [1.54, 1.807) is 18.2 Å². The quantitative estimate of drug-likeness (QED) is 0.579. The molecule has 0 saturated carbocycles. The average Bonchev–Trinajstić information content (AvgIpc) is 3.06. The van der Waals surface area contributed by atoms with Gasteiger partial charge in [-0.2, -0.15) is 0 Å². The predicted molar refractivity (Wildman–Crippen MR) is 83.4 cm³/mol. The number of benzene rings is 1. The number of aliphatic hydroxyl groups is 1. The number of ether oxygens (including phenoxy) is 3. The van der Waals surface area contributed by atoms with Crippen LogP contribution >= 0.6 is 0 Å². The molecule has 2 aromatic rings. The van der Waals surface area contributed by atoms with Crippen molar-refractivity contribution in [2.75, 3.05) is 25.3 Å². The minimum Gasteiger partial charge on any atom is -0.491 e. The van der Waals surface area contributed by atoms with Crippen LogP contribution < -0.4 is 19.5 Å². The molecule has 0 saturated heterocycles. The highest BCUT2D eigenvalue weighted by atomic mass is 16.7. The van der Waals surface area contributed by atoms with Gasteiger partial charge in [-0.15, -0.1) is 0 Å². The maximum Gasteiger partial charge on any atom is 0.287 e. The van der Waals surface area contributed by atoms with Crippen molar-refractivity contribution >= 4 is 11.5 Å². The Balaban J connectivity index is 1.45. The lowest BCUT2D eigenvalue weighted by molar-refractivity contribution is -0.385. The molecule has 126 valence electrons. The maximum absolute atomic E-state index is 10.5. The molecule has 1 aromatic carbocycles. The summed E-state index contributed by atoms with van der Waals surface area (Å²) in [6.07, 6.45) is 0.366. The van der Waals surface area contributed by atoms with Gasteiger partial charge in [0, 0.05) is 18.7 Å². The molecular weight excluding hydrogens is 318 g/mol. The van der Waals surface area contributed by atoms with Gasteiger partial charge in [-0.05, 0) is 18.2 Å². The Kier molecular flexibility index (Phi) is 4.62. The van der Waals surface area contributed by atoms with E-state index in [4.69, 9.17) is 14.2 Å². The van der Waals surface area contributed by atoms with Crippen molar-refractivity contribution in [1.29, 1.82) is 0 Å². The van der Waals surface area contributed by atoms with E-state index >= 15 is 0 Å². The Morgan fingerprint density at radius 3 is 2.92 bits per heavy atom. The fraction of sp³-hybridized carbons (Fsp3) is 0.267. The van der Waals surface area contributed by atoms with E-state index in [0.29, 0.717) is 23.1 Å². The monoisotopic (exact) mass is 333 g/mol. The molecule has 0 radical (unpaired) electrons. The minimum absolute atomic E-state index is 0.0691. The molecule has 1 unspecified atom stereocenters. The van der Waals surface area contributed by atoms with E-state index in [9.17, 15) is 15.2 Å². The minimum atomic E-state index is -0.785. The Morgan fingerprint density at radius 1 is 1.33 bits per heavy atom. The number of hydrogen-bond donors (Lipinski definition) is 2. The summed E-state index contributed by atoms with van der Waals surface area (Å²) in [5, 5.41) is 23.3. The van der Waals surface area contributed by atoms with E-state index in [0.717, 1.165) is 6.20 Å². The number of anilines is 1. The second kappa shape index (κ2) is 7.01. The fourth-order valence-corrected chi connectivity index (χ4v) is 2.04. The van der Waals surface area contributed by atoms with Crippen molar-refractivity contribution in [3.63, 3.8) is 0 Å². The number of rotatable bonds is 7. The first-order valence-electron chi connectivity index (χ1n) is 7.16. The van der Waals surface area contributed by atoms with Crippen LogP contribution in [0.25, 0.3) is 0 Å². The van der Waals surface area contributed by atoms with Crippen molar-refractivity contribution in [3.8, 4) is 17.2 Å². The van der Waals surface area contributed by atoms with E-state index < -0.39 is 11.0 Å². The third-order valence-corrected chi connectivity index (χ3v) is 3.26. The summed E-state index contributed by atoms with van der Waals surface area (Å²) in [6, 6.07) is 7.98. The molecule has 2 N–H and O–H groups in total. The highest BCUT2D eigenvalue weighted by Crippen LogP contribution is 2.35. The Morgan fingerprint density at radius 2 is 2.17 bits per heavy atom. The van der Waals surface area contributed by atoms with Crippen LogP contribution in [0.3, 0.4) is 0 Å². The molecule has 9 heteroatoms. The Hall–Kier alpha value is -3.07. The van der Waals surface area contributed by atoms with Crippen molar-refractivity contribution in [2.45, 2.75) is 6.10 Å². The van der Waals surface area contributed by atoms with Crippen molar-refractivity contribution in [1.82, 2.24) is 4.98 Å². The SMILES string of the molecule is O=[N+]([O-])c1ccc(NCC(O)COc2ccc3c(c2)OCO3)nc1. The van der Waals surface area contributed by atoms with E-state index in [-0.39, 0.29) is 25.6 Å². The lowest BCUT2D eigenvalue weighted by Crippen LogP contribution is -2.26. The topological polar surface area (TPSA) is 116 Å². The number of fused-ring (bicyclic) bond motifs is 1. The Labute approximate surface area is 136 Å². The zero-order valence-electron chi connectivity index (χ0n) is 12.5. The number of nitrogens with zero attached hydrogens (tertiary/aromatic N) is 2. The van der Waals surface area contributed by atoms with Gasteiger partial charge in [-0.1, -0.05) is 0 Å². The molecule has 0 amide bonds. The molecule has 2 heterocycles. The first-order valence-corrected chi connectivity index (χ1v) is 7.16. The molecule has 1 aliphatic heterocycles. The number of aromatic nitrogens is 1. The zero-order valence-corrected chi connectivity index (χ0v) is 12.5. The van der Waals surface area contributed by atoms with Gasteiger partial charge in [0.15, 0.2) is 11.5 Å². The van der Waals surface area contributed by atoms with E-state index in [2.05, 4.69) is 10.3 Å². The third-order valence-electron chi connectivity index (χ3n) is 3.26. The molecule has 9 nitrogen and oxygen atoms in total. The number of pyridine rings is 1. The number of hydrogen-bond acceptors (Lipinski definition) is 8.